The monoisotopic (exact) mass is 350 g/mol. The lowest BCUT2D eigenvalue weighted by molar-refractivity contribution is 0.236. The molecule has 0 fully saturated rings. The van der Waals surface area contributed by atoms with Gasteiger partial charge < -0.3 is 15.2 Å². The Balaban J connectivity index is 1.63. The van der Waals surface area contributed by atoms with Crippen LogP contribution in [0.1, 0.15) is 16.8 Å². The fourth-order valence-electron chi connectivity index (χ4n) is 3.20. The number of nitrogens with one attached hydrogen (secondary N) is 1. The standard InChI is InChI=1S/C19H18N4O3/c24-16-6-3-4-12(17(16)25)10-23-9-7-13-15(11-23)21-18(22-19(13)26)14-5-1-2-8-20-14/h1-6,8,24-25H,7,9-11H2,(H,21,22,26). The average Bonchev–Trinajstić information content (AvgIpc) is 2.66. The summed E-state index contributed by atoms with van der Waals surface area (Å²) in [6.07, 6.45) is 2.24. The van der Waals surface area contributed by atoms with Crippen molar-refractivity contribution in [1.82, 2.24) is 19.9 Å². The fourth-order valence-corrected chi connectivity index (χ4v) is 3.20. The van der Waals surface area contributed by atoms with Crippen molar-refractivity contribution < 1.29 is 10.2 Å². The number of aromatic amines is 1. The van der Waals surface area contributed by atoms with Crippen LogP contribution >= 0.6 is 0 Å². The molecule has 3 N–H and O–H groups in total. The van der Waals surface area contributed by atoms with Crippen molar-refractivity contribution in [1.29, 1.82) is 0 Å². The predicted molar refractivity (Wildman–Crippen MR) is 95.7 cm³/mol. The summed E-state index contributed by atoms with van der Waals surface area (Å²) >= 11 is 0. The second-order valence-electron chi connectivity index (χ2n) is 6.30. The van der Waals surface area contributed by atoms with E-state index in [9.17, 15) is 15.0 Å². The maximum absolute atomic E-state index is 12.4. The highest BCUT2D eigenvalue weighted by atomic mass is 16.3. The Labute approximate surface area is 149 Å². The summed E-state index contributed by atoms with van der Waals surface area (Å²) in [5, 5.41) is 19.7. The molecule has 0 spiro atoms. The number of H-pyrrole nitrogens is 1. The van der Waals surface area contributed by atoms with Crippen LogP contribution in [0.3, 0.4) is 0 Å². The van der Waals surface area contributed by atoms with Crippen LogP contribution in [0, 0.1) is 0 Å². The number of aromatic hydroxyl groups is 2. The van der Waals surface area contributed by atoms with Gasteiger partial charge in [-0.2, -0.15) is 0 Å². The number of phenols is 2. The van der Waals surface area contributed by atoms with Gasteiger partial charge in [0, 0.05) is 37.0 Å². The number of hydrogen-bond donors (Lipinski definition) is 3. The SMILES string of the molecule is O=c1[nH]c(-c2ccccn2)nc2c1CCN(Cc1cccc(O)c1O)C2. The average molecular weight is 350 g/mol. The smallest absolute Gasteiger partial charge is 0.254 e. The van der Waals surface area contributed by atoms with Crippen LogP contribution in [0.25, 0.3) is 11.5 Å². The molecular weight excluding hydrogens is 332 g/mol. The van der Waals surface area contributed by atoms with Crippen molar-refractivity contribution in [2.45, 2.75) is 19.5 Å². The highest BCUT2D eigenvalue weighted by molar-refractivity contribution is 5.49. The fraction of sp³-hybridized carbons (Fsp3) is 0.211. The summed E-state index contributed by atoms with van der Waals surface area (Å²) in [5.41, 5.74) is 2.55. The van der Waals surface area contributed by atoms with E-state index < -0.39 is 0 Å². The van der Waals surface area contributed by atoms with Gasteiger partial charge in [0.25, 0.3) is 5.56 Å². The Morgan fingerprint density at radius 2 is 2.04 bits per heavy atom. The van der Waals surface area contributed by atoms with E-state index in [-0.39, 0.29) is 17.1 Å². The molecule has 0 bridgehead atoms. The van der Waals surface area contributed by atoms with Gasteiger partial charge in [-0.05, 0) is 24.6 Å². The molecular formula is C19H18N4O3. The molecule has 7 nitrogen and oxygen atoms in total. The Morgan fingerprint density at radius 3 is 2.85 bits per heavy atom. The number of pyridine rings is 1. The molecule has 0 atom stereocenters. The number of nitrogens with zero attached hydrogens (tertiary/aromatic N) is 3. The molecule has 1 aliphatic rings. The van der Waals surface area contributed by atoms with Gasteiger partial charge in [-0.15, -0.1) is 0 Å². The van der Waals surface area contributed by atoms with E-state index in [0.717, 1.165) is 5.69 Å². The first-order valence-corrected chi connectivity index (χ1v) is 8.37. The van der Waals surface area contributed by atoms with E-state index in [4.69, 9.17) is 0 Å². The van der Waals surface area contributed by atoms with Crippen LogP contribution in [0.15, 0.2) is 47.4 Å². The minimum absolute atomic E-state index is 0.105. The predicted octanol–water partition coefficient (Wildman–Crippen LogP) is 1.80. The van der Waals surface area contributed by atoms with Gasteiger partial charge >= 0.3 is 0 Å². The first-order chi connectivity index (χ1) is 12.6. The zero-order valence-corrected chi connectivity index (χ0v) is 14.0. The van der Waals surface area contributed by atoms with Gasteiger partial charge in [-0.25, -0.2) is 4.98 Å². The van der Waals surface area contributed by atoms with Crippen molar-refractivity contribution in [3.63, 3.8) is 0 Å². The third kappa shape index (κ3) is 3.04. The van der Waals surface area contributed by atoms with Gasteiger partial charge in [-0.1, -0.05) is 18.2 Å². The van der Waals surface area contributed by atoms with E-state index >= 15 is 0 Å². The Kier molecular flexibility index (Phi) is 4.14. The maximum Gasteiger partial charge on any atom is 0.254 e. The molecule has 0 saturated carbocycles. The highest BCUT2D eigenvalue weighted by Crippen LogP contribution is 2.30. The molecule has 0 amide bonds. The molecule has 7 heteroatoms. The Hall–Kier alpha value is -3.19. The van der Waals surface area contributed by atoms with Crippen LogP contribution in [0.2, 0.25) is 0 Å². The van der Waals surface area contributed by atoms with Crippen molar-refractivity contribution >= 4 is 0 Å². The molecule has 3 heterocycles. The number of hydrogen-bond acceptors (Lipinski definition) is 6. The van der Waals surface area contributed by atoms with Crippen molar-refractivity contribution in [2.75, 3.05) is 6.54 Å². The zero-order chi connectivity index (χ0) is 18.1. The molecule has 1 aliphatic heterocycles. The largest absolute Gasteiger partial charge is 0.504 e. The Morgan fingerprint density at radius 1 is 1.15 bits per heavy atom. The quantitative estimate of drug-likeness (QED) is 0.623. The van der Waals surface area contributed by atoms with E-state index in [1.165, 1.54) is 6.07 Å². The normalized spacial score (nSPS) is 14.2. The van der Waals surface area contributed by atoms with Gasteiger partial charge in [0.1, 0.15) is 5.69 Å². The third-order valence-electron chi connectivity index (χ3n) is 4.55. The summed E-state index contributed by atoms with van der Waals surface area (Å²) in [6, 6.07) is 10.4. The zero-order valence-electron chi connectivity index (χ0n) is 14.0. The number of aromatic nitrogens is 3. The molecule has 2 aromatic heterocycles. The molecule has 1 aromatic carbocycles. The number of phenolic OH excluding ortho intramolecular Hbond substituents is 2. The van der Waals surface area contributed by atoms with Gasteiger partial charge in [0.05, 0.1) is 5.69 Å². The molecule has 0 aliphatic carbocycles. The molecule has 132 valence electrons. The lowest BCUT2D eigenvalue weighted by Crippen LogP contribution is -2.35. The third-order valence-corrected chi connectivity index (χ3v) is 4.55. The summed E-state index contributed by atoms with van der Waals surface area (Å²) in [4.78, 5) is 26.2. The molecule has 26 heavy (non-hydrogen) atoms. The summed E-state index contributed by atoms with van der Waals surface area (Å²) in [5.74, 6) is 0.217. The van der Waals surface area contributed by atoms with E-state index in [1.54, 1.807) is 24.4 Å². The number of fused-ring (bicyclic) bond motifs is 1. The highest BCUT2D eigenvalue weighted by Gasteiger charge is 2.22. The summed E-state index contributed by atoms with van der Waals surface area (Å²) < 4.78 is 0. The lowest BCUT2D eigenvalue weighted by atomic mass is 10.0. The number of para-hydroxylation sites is 1. The van der Waals surface area contributed by atoms with Crippen LogP contribution in [0.5, 0.6) is 11.5 Å². The van der Waals surface area contributed by atoms with E-state index in [2.05, 4.69) is 19.9 Å². The van der Waals surface area contributed by atoms with Crippen LogP contribution in [0.4, 0.5) is 0 Å². The molecule has 3 aromatic rings. The van der Waals surface area contributed by atoms with Gasteiger partial charge in [0.15, 0.2) is 17.3 Å². The molecule has 4 rings (SSSR count). The van der Waals surface area contributed by atoms with Gasteiger partial charge in [-0.3, -0.25) is 14.7 Å². The maximum atomic E-state index is 12.4. The minimum Gasteiger partial charge on any atom is -0.504 e. The molecule has 0 unspecified atom stereocenters. The second-order valence-corrected chi connectivity index (χ2v) is 6.30. The summed E-state index contributed by atoms with van der Waals surface area (Å²) in [7, 11) is 0. The summed E-state index contributed by atoms with van der Waals surface area (Å²) in [6.45, 7) is 1.64. The van der Waals surface area contributed by atoms with E-state index in [0.29, 0.717) is 48.7 Å². The number of rotatable bonds is 3. The van der Waals surface area contributed by atoms with Crippen molar-refractivity contribution in [2.24, 2.45) is 0 Å². The minimum atomic E-state index is -0.132. The Bertz CT molecular complexity index is 1000. The first-order valence-electron chi connectivity index (χ1n) is 8.37. The van der Waals surface area contributed by atoms with Crippen molar-refractivity contribution in [3.8, 4) is 23.0 Å². The molecule has 0 saturated heterocycles. The molecule has 0 radical (unpaired) electrons. The van der Waals surface area contributed by atoms with Crippen LogP contribution in [-0.4, -0.2) is 36.6 Å². The van der Waals surface area contributed by atoms with Gasteiger partial charge in [0.2, 0.25) is 0 Å². The van der Waals surface area contributed by atoms with Crippen LogP contribution in [-0.2, 0) is 19.5 Å². The topological polar surface area (TPSA) is 102 Å². The first kappa shape index (κ1) is 16.3. The lowest BCUT2D eigenvalue weighted by Gasteiger charge is -2.28. The second kappa shape index (κ2) is 6.61. The van der Waals surface area contributed by atoms with Crippen LogP contribution < -0.4 is 5.56 Å². The number of benzene rings is 1. The van der Waals surface area contributed by atoms with E-state index in [1.807, 2.05) is 12.1 Å². The van der Waals surface area contributed by atoms with Crippen molar-refractivity contribution in [3.05, 3.63) is 69.8 Å².